The number of hydrogen-bond donors (Lipinski definition) is 0. The number of hydrogen-bond acceptors (Lipinski definition) is 6. The number of esters is 3. The zero-order valence-corrected chi connectivity index (χ0v) is 53.0. The summed E-state index contributed by atoms with van der Waals surface area (Å²) in [6, 6.07) is 0. The second-order valence-corrected chi connectivity index (χ2v) is 22.3. The average Bonchev–Trinajstić information content (AvgIpc) is 3.47. The minimum atomic E-state index is -0.795. The van der Waals surface area contributed by atoms with Crippen LogP contribution in [-0.4, -0.2) is 37.2 Å². The molecule has 1 atom stereocenters. The smallest absolute Gasteiger partial charge is 0.306 e. The van der Waals surface area contributed by atoms with Gasteiger partial charge >= 0.3 is 17.9 Å². The van der Waals surface area contributed by atoms with Gasteiger partial charge in [-0.3, -0.25) is 14.4 Å². The van der Waals surface area contributed by atoms with Gasteiger partial charge in [0.25, 0.3) is 0 Å². The number of unbranched alkanes of at least 4 members (excludes halogenated alkanes) is 30. The van der Waals surface area contributed by atoms with Gasteiger partial charge in [-0.2, -0.15) is 0 Å². The van der Waals surface area contributed by atoms with Crippen molar-refractivity contribution in [2.45, 2.75) is 322 Å². The number of carbonyl (C=O) groups is 3. The Morgan fingerprint density at radius 3 is 0.753 bits per heavy atom. The minimum absolute atomic E-state index is 0.0875. The molecular weight excluding hydrogens is 997 g/mol. The first kappa shape index (κ1) is 76.8. The molecule has 0 bridgehead atoms. The fourth-order valence-corrected chi connectivity index (χ4v) is 9.44. The highest BCUT2D eigenvalue weighted by molar-refractivity contribution is 5.71. The highest BCUT2D eigenvalue weighted by Crippen LogP contribution is 2.17. The Hall–Kier alpha value is -4.19. The van der Waals surface area contributed by atoms with Crippen molar-refractivity contribution in [2.75, 3.05) is 13.2 Å². The Kier molecular flexibility index (Phi) is 64.8. The summed E-state index contributed by atoms with van der Waals surface area (Å²) in [5.74, 6) is -0.906. The molecule has 81 heavy (non-hydrogen) atoms. The standard InChI is InChI=1S/C75H126O6/c1-4-7-10-13-16-19-22-25-28-31-33-35-37-39-41-44-47-50-53-56-59-62-65-68-74(77)80-71-72(70-79-73(76)67-64-61-58-55-52-49-46-43-30-27-24-21-18-15-12-9-6-3)81-75(78)69-66-63-60-57-54-51-48-45-42-40-38-36-34-32-29-26-23-20-17-14-11-8-5-2/h7-8,10-11,16-17,19-20,25-26,28-29,33-36,39,41,47,50,72H,4-6,9,12-15,18,21-24,27,30-32,37-38,40,42-46,48-49,51-71H2,1-3H3/b10-7-,11-8-,19-16-,20-17-,28-25-,29-26-,35-33-,36-34-,41-39-,50-47-. The third kappa shape index (κ3) is 66.5. The van der Waals surface area contributed by atoms with Gasteiger partial charge in [0.1, 0.15) is 13.2 Å². The monoisotopic (exact) mass is 1120 g/mol. The van der Waals surface area contributed by atoms with Crippen molar-refractivity contribution in [1.82, 2.24) is 0 Å². The van der Waals surface area contributed by atoms with E-state index in [1.807, 2.05) is 0 Å². The molecular formula is C75H126O6. The van der Waals surface area contributed by atoms with E-state index in [0.717, 1.165) is 135 Å². The molecule has 0 aromatic carbocycles. The highest BCUT2D eigenvalue weighted by atomic mass is 16.6. The summed E-state index contributed by atoms with van der Waals surface area (Å²) < 4.78 is 17.0. The first-order valence-corrected chi connectivity index (χ1v) is 34.0. The molecule has 6 heteroatoms. The van der Waals surface area contributed by atoms with E-state index in [1.165, 1.54) is 141 Å². The lowest BCUT2D eigenvalue weighted by atomic mass is 10.0. The summed E-state index contributed by atoms with van der Waals surface area (Å²) in [5.41, 5.74) is 0. The fraction of sp³-hybridized carbons (Fsp3) is 0.693. The first-order chi connectivity index (χ1) is 40.0. The third-order valence-corrected chi connectivity index (χ3v) is 14.5. The Labute approximate surface area is 501 Å². The second kappa shape index (κ2) is 68.3. The van der Waals surface area contributed by atoms with Gasteiger partial charge in [0.05, 0.1) is 0 Å². The number of carbonyl (C=O) groups excluding carboxylic acids is 3. The lowest BCUT2D eigenvalue weighted by Crippen LogP contribution is -2.30. The first-order valence-electron chi connectivity index (χ1n) is 34.0. The zero-order valence-electron chi connectivity index (χ0n) is 53.0. The van der Waals surface area contributed by atoms with Gasteiger partial charge in [-0.25, -0.2) is 0 Å². The summed E-state index contributed by atoms with van der Waals surface area (Å²) in [7, 11) is 0. The van der Waals surface area contributed by atoms with E-state index in [4.69, 9.17) is 14.2 Å². The SMILES string of the molecule is CC/C=C\C/C=C\C/C=C\C/C=C\C/C=C\C/C=C\CCCCCCC(=O)OCC(COC(=O)CCCCCCCCCCCCCCCCCCC)OC(=O)CCCCCCCCCCCC/C=C\C/C=C\C/C=C\C/C=C\CC. The Bertz CT molecular complexity index is 1670. The maximum atomic E-state index is 13.0. The molecule has 0 fully saturated rings. The van der Waals surface area contributed by atoms with Crippen LogP contribution < -0.4 is 0 Å². The largest absolute Gasteiger partial charge is 0.462 e. The Morgan fingerprint density at radius 2 is 0.481 bits per heavy atom. The maximum Gasteiger partial charge on any atom is 0.306 e. The van der Waals surface area contributed by atoms with Crippen LogP contribution in [0.1, 0.15) is 316 Å². The van der Waals surface area contributed by atoms with Gasteiger partial charge in [0.15, 0.2) is 6.10 Å². The van der Waals surface area contributed by atoms with Crippen molar-refractivity contribution in [3.8, 4) is 0 Å². The molecule has 0 rings (SSSR count). The van der Waals surface area contributed by atoms with Crippen molar-refractivity contribution in [1.29, 1.82) is 0 Å². The van der Waals surface area contributed by atoms with Gasteiger partial charge in [-0.1, -0.05) is 309 Å². The van der Waals surface area contributed by atoms with Gasteiger partial charge < -0.3 is 14.2 Å². The zero-order chi connectivity index (χ0) is 58.5. The van der Waals surface area contributed by atoms with Crippen molar-refractivity contribution in [2.24, 2.45) is 0 Å². The normalized spacial score (nSPS) is 12.9. The summed E-state index contributed by atoms with van der Waals surface area (Å²) in [4.78, 5) is 38.5. The van der Waals surface area contributed by atoms with Crippen LogP contribution in [0.15, 0.2) is 122 Å². The lowest BCUT2D eigenvalue weighted by Gasteiger charge is -2.18. The molecule has 0 amide bonds. The lowest BCUT2D eigenvalue weighted by molar-refractivity contribution is -0.167. The summed E-state index contributed by atoms with van der Waals surface area (Å²) in [6.45, 7) is 6.42. The molecule has 0 aliphatic rings. The molecule has 0 aromatic rings. The molecule has 0 radical (unpaired) electrons. The number of allylic oxidation sites excluding steroid dienone is 20. The van der Waals surface area contributed by atoms with E-state index in [0.29, 0.717) is 19.3 Å². The van der Waals surface area contributed by atoms with Crippen molar-refractivity contribution >= 4 is 17.9 Å². The minimum Gasteiger partial charge on any atom is -0.462 e. The highest BCUT2D eigenvalue weighted by Gasteiger charge is 2.19. The summed E-state index contributed by atoms with van der Waals surface area (Å²) >= 11 is 0. The average molecular weight is 1120 g/mol. The molecule has 0 saturated carbocycles. The summed E-state index contributed by atoms with van der Waals surface area (Å²) in [6.07, 6.45) is 94.9. The van der Waals surface area contributed by atoms with Gasteiger partial charge in [-0.05, 0) is 109 Å². The van der Waals surface area contributed by atoms with Crippen LogP contribution in [-0.2, 0) is 28.6 Å². The van der Waals surface area contributed by atoms with Crippen molar-refractivity contribution in [3.05, 3.63) is 122 Å². The molecule has 1 unspecified atom stereocenters. The quantitative estimate of drug-likeness (QED) is 0.0261. The van der Waals surface area contributed by atoms with E-state index < -0.39 is 6.10 Å². The Morgan fingerprint density at radius 1 is 0.259 bits per heavy atom. The van der Waals surface area contributed by atoms with Crippen molar-refractivity contribution in [3.63, 3.8) is 0 Å². The Balaban J connectivity index is 4.44. The van der Waals surface area contributed by atoms with Crippen LogP contribution in [0.25, 0.3) is 0 Å². The van der Waals surface area contributed by atoms with Gasteiger partial charge in [0, 0.05) is 19.3 Å². The van der Waals surface area contributed by atoms with E-state index in [1.54, 1.807) is 0 Å². The predicted molar refractivity (Wildman–Crippen MR) is 353 cm³/mol. The molecule has 0 aliphatic heterocycles. The van der Waals surface area contributed by atoms with Crippen LogP contribution in [0.4, 0.5) is 0 Å². The molecule has 0 aromatic heterocycles. The summed E-state index contributed by atoms with van der Waals surface area (Å²) in [5, 5.41) is 0. The molecule has 0 N–H and O–H groups in total. The van der Waals surface area contributed by atoms with Crippen LogP contribution in [0, 0.1) is 0 Å². The van der Waals surface area contributed by atoms with Crippen LogP contribution in [0.5, 0.6) is 0 Å². The molecule has 0 aliphatic carbocycles. The number of rotatable bonds is 61. The second-order valence-electron chi connectivity index (χ2n) is 22.3. The predicted octanol–water partition coefficient (Wildman–Crippen LogP) is 23.6. The molecule has 0 spiro atoms. The van der Waals surface area contributed by atoms with Gasteiger partial charge in [0.2, 0.25) is 0 Å². The molecule has 0 heterocycles. The van der Waals surface area contributed by atoms with Crippen LogP contribution >= 0.6 is 0 Å². The van der Waals surface area contributed by atoms with Gasteiger partial charge in [-0.15, -0.1) is 0 Å². The third-order valence-electron chi connectivity index (χ3n) is 14.5. The van der Waals surface area contributed by atoms with Crippen LogP contribution in [0.3, 0.4) is 0 Å². The van der Waals surface area contributed by atoms with E-state index in [-0.39, 0.29) is 31.1 Å². The fourth-order valence-electron chi connectivity index (χ4n) is 9.44. The maximum absolute atomic E-state index is 13.0. The topological polar surface area (TPSA) is 78.9 Å². The number of ether oxygens (including phenoxy) is 3. The van der Waals surface area contributed by atoms with E-state index in [9.17, 15) is 14.4 Å². The van der Waals surface area contributed by atoms with Crippen molar-refractivity contribution < 1.29 is 28.6 Å². The van der Waals surface area contributed by atoms with E-state index in [2.05, 4.69) is 142 Å². The molecule has 6 nitrogen and oxygen atoms in total. The van der Waals surface area contributed by atoms with Crippen LogP contribution in [0.2, 0.25) is 0 Å². The molecule has 462 valence electrons. The molecule has 0 saturated heterocycles. The van der Waals surface area contributed by atoms with E-state index >= 15 is 0 Å².